The lowest BCUT2D eigenvalue weighted by Gasteiger charge is -2.24. The summed E-state index contributed by atoms with van der Waals surface area (Å²) in [7, 11) is 0. The summed E-state index contributed by atoms with van der Waals surface area (Å²) in [6.07, 6.45) is 2.00. The van der Waals surface area contributed by atoms with Gasteiger partial charge in [-0.1, -0.05) is 19.9 Å². The third-order valence-electron chi connectivity index (χ3n) is 3.77. The highest BCUT2D eigenvalue weighted by molar-refractivity contribution is 5.94. The molecule has 110 valence electrons. The number of nitrogens with one attached hydrogen (secondary N) is 1. The molecule has 0 aliphatic carbocycles. The van der Waals surface area contributed by atoms with Crippen LogP contribution in [0.25, 0.3) is 0 Å². The molecular formula is C16H24N2O2. The van der Waals surface area contributed by atoms with Gasteiger partial charge in [0.05, 0.1) is 13.2 Å². The maximum absolute atomic E-state index is 12.2. The SMILES string of the molecule is CC(C)(CCCN)CNC(=O)c1ccc2c(c1)COC2. The summed E-state index contributed by atoms with van der Waals surface area (Å²) >= 11 is 0. The zero-order chi connectivity index (χ0) is 14.6. The number of fused-ring (bicyclic) bond motifs is 1. The molecule has 1 aliphatic rings. The van der Waals surface area contributed by atoms with Gasteiger partial charge in [-0.25, -0.2) is 0 Å². The second-order valence-electron chi connectivity index (χ2n) is 6.22. The Kier molecular flexibility index (Phi) is 4.78. The summed E-state index contributed by atoms with van der Waals surface area (Å²) in [4.78, 5) is 12.2. The maximum atomic E-state index is 12.2. The summed E-state index contributed by atoms with van der Waals surface area (Å²) in [5.74, 6) is -0.0134. The average Bonchev–Trinajstić information content (AvgIpc) is 2.90. The zero-order valence-corrected chi connectivity index (χ0v) is 12.4. The molecule has 0 fully saturated rings. The molecule has 0 atom stereocenters. The summed E-state index contributed by atoms with van der Waals surface area (Å²) in [6.45, 7) is 6.93. The number of hydrogen-bond acceptors (Lipinski definition) is 3. The molecule has 20 heavy (non-hydrogen) atoms. The highest BCUT2D eigenvalue weighted by atomic mass is 16.5. The molecule has 0 saturated carbocycles. The van der Waals surface area contributed by atoms with Crippen molar-refractivity contribution < 1.29 is 9.53 Å². The van der Waals surface area contributed by atoms with E-state index in [9.17, 15) is 4.79 Å². The highest BCUT2D eigenvalue weighted by Gasteiger charge is 2.19. The number of benzene rings is 1. The van der Waals surface area contributed by atoms with E-state index in [0.717, 1.165) is 18.4 Å². The van der Waals surface area contributed by atoms with Crippen molar-refractivity contribution in [3.63, 3.8) is 0 Å². The molecule has 0 bridgehead atoms. The first-order valence-corrected chi connectivity index (χ1v) is 7.20. The predicted octanol–water partition coefficient (Wildman–Crippen LogP) is 2.21. The van der Waals surface area contributed by atoms with Crippen molar-refractivity contribution in [2.45, 2.75) is 39.9 Å². The van der Waals surface area contributed by atoms with E-state index in [4.69, 9.17) is 10.5 Å². The lowest BCUT2D eigenvalue weighted by atomic mass is 9.87. The maximum Gasteiger partial charge on any atom is 0.251 e. The second-order valence-corrected chi connectivity index (χ2v) is 6.22. The van der Waals surface area contributed by atoms with Crippen LogP contribution in [0.2, 0.25) is 0 Å². The fraction of sp³-hybridized carbons (Fsp3) is 0.562. The van der Waals surface area contributed by atoms with Gasteiger partial charge in [0.1, 0.15) is 0 Å². The first-order valence-electron chi connectivity index (χ1n) is 7.20. The molecule has 4 heteroatoms. The molecule has 2 rings (SSSR count). The molecule has 0 radical (unpaired) electrons. The summed E-state index contributed by atoms with van der Waals surface area (Å²) in [5.41, 5.74) is 8.64. The molecule has 1 amide bonds. The molecule has 4 nitrogen and oxygen atoms in total. The quantitative estimate of drug-likeness (QED) is 0.837. The Labute approximate surface area is 120 Å². The minimum atomic E-state index is -0.0134. The van der Waals surface area contributed by atoms with Crippen LogP contribution >= 0.6 is 0 Å². The normalized spacial score (nSPS) is 14.2. The Balaban J connectivity index is 1.92. The van der Waals surface area contributed by atoms with Crippen LogP contribution in [0.1, 0.15) is 48.2 Å². The van der Waals surface area contributed by atoms with E-state index in [-0.39, 0.29) is 11.3 Å². The number of carbonyl (C=O) groups excluding carboxylic acids is 1. The van der Waals surface area contributed by atoms with Crippen LogP contribution in [-0.4, -0.2) is 19.0 Å². The first kappa shape index (κ1) is 15.0. The predicted molar refractivity (Wildman–Crippen MR) is 79.3 cm³/mol. The Bertz CT molecular complexity index is 483. The van der Waals surface area contributed by atoms with Gasteiger partial charge in [0.2, 0.25) is 0 Å². The van der Waals surface area contributed by atoms with Crippen LogP contribution < -0.4 is 11.1 Å². The van der Waals surface area contributed by atoms with Crippen LogP contribution in [-0.2, 0) is 18.0 Å². The van der Waals surface area contributed by atoms with E-state index in [1.165, 1.54) is 5.56 Å². The van der Waals surface area contributed by atoms with Gasteiger partial charge in [-0.05, 0) is 48.1 Å². The first-order chi connectivity index (χ1) is 9.52. The van der Waals surface area contributed by atoms with Crippen LogP contribution in [0.4, 0.5) is 0 Å². The molecule has 0 aromatic heterocycles. The second kappa shape index (κ2) is 6.37. The van der Waals surface area contributed by atoms with Gasteiger partial charge in [-0.15, -0.1) is 0 Å². The van der Waals surface area contributed by atoms with E-state index in [1.807, 2.05) is 18.2 Å². The number of carbonyl (C=O) groups is 1. The van der Waals surface area contributed by atoms with Gasteiger partial charge >= 0.3 is 0 Å². The summed E-state index contributed by atoms with van der Waals surface area (Å²) in [5, 5.41) is 3.02. The van der Waals surface area contributed by atoms with Crippen LogP contribution in [0.5, 0.6) is 0 Å². The van der Waals surface area contributed by atoms with Crippen molar-refractivity contribution in [3.05, 3.63) is 34.9 Å². The van der Waals surface area contributed by atoms with Crippen LogP contribution in [0, 0.1) is 5.41 Å². The molecule has 1 aromatic rings. The van der Waals surface area contributed by atoms with E-state index in [2.05, 4.69) is 19.2 Å². The Hall–Kier alpha value is -1.39. The largest absolute Gasteiger partial charge is 0.372 e. The van der Waals surface area contributed by atoms with Crippen molar-refractivity contribution in [3.8, 4) is 0 Å². The van der Waals surface area contributed by atoms with Gasteiger partial charge in [-0.2, -0.15) is 0 Å². The summed E-state index contributed by atoms with van der Waals surface area (Å²) in [6, 6.07) is 5.79. The van der Waals surface area contributed by atoms with Crippen LogP contribution in [0.15, 0.2) is 18.2 Å². The number of nitrogens with two attached hydrogens (primary N) is 1. The molecule has 3 N–H and O–H groups in total. The molecule has 1 aliphatic heterocycles. The van der Waals surface area contributed by atoms with Gasteiger partial charge in [0.15, 0.2) is 0 Å². The third-order valence-corrected chi connectivity index (χ3v) is 3.77. The summed E-state index contributed by atoms with van der Waals surface area (Å²) < 4.78 is 5.36. The zero-order valence-electron chi connectivity index (χ0n) is 12.4. The lowest BCUT2D eigenvalue weighted by molar-refractivity contribution is 0.0934. The minimum absolute atomic E-state index is 0.0134. The van der Waals surface area contributed by atoms with Gasteiger partial charge in [0.25, 0.3) is 5.91 Å². The van der Waals surface area contributed by atoms with Crippen molar-refractivity contribution in [1.82, 2.24) is 5.32 Å². The fourth-order valence-electron chi connectivity index (χ4n) is 2.40. The van der Waals surface area contributed by atoms with E-state index >= 15 is 0 Å². The average molecular weight is 276 g/mol. The molecule has 0 saturated heterocycles. The highest BCUT2D eigenvalue weighted by Crippen LogP contribution is 2.22. The molecule has 0 spiro atoms. The third kappa shape index (κ3) is 3.81. The molecule has 1 heterocycles. The molecule has 1 aromatic carbocycles. The number of hydrogen-bond donors (Lipinski definition) is 2. The number of ether oxygens (including phenoxy) is 1. The van der Waals surface area contributed by atoms with Crippen molar-refractivity contribution in [2.24, 2.45) is 11.1 Å². The fourth-order valence-corrected chi connectivity index (χ4v) is 2.40. The van der Waals surface area contributed by atoms with E-state index in [0.29, 0.717) is 31.9 Å². The van der Waals surface area contributed by atoms with E-state index in [1.54, 1.807) is 0 Å². The molecular weight excluding hydrogens is 252 g/mol. The molecule has 0 unspecified atom stereocenters. The van der Waals surface area contributed by atoms with E-state index < -0.39 is 0 Å². The monoisotopic (exact) mass is 276 g/mol. The lowest BCUT2D eigenvalue weighted by Crippen LogP contribution is -2.34. The standard InChI is InChI=1S/C16H24N2O2/c1-16(2,6-3-7-17)11-18-15(19)12-4-5-13-9-20-10-14(13)8-12/h4-5,8H,3,6-7,9-11,17H2,1-2H3,(H,18,19). The number of amides is 1. The van der Waals surface area contributed by atoms with Crippen molar-refractivity contribution in [2.75, 3.05) is 13.1 Å². The van der Waals surface area contributed by atoms with Crippen molar-refractivity contribution in [1.29, 1.82) is 0 Å². The van der Waals surface area contributed by atoms with Gasteiger partial charge in [-0.3, -0.25) is 4.79 Å². The smallest absolute Gasteiger partial charge is 0.251 e. The minimum Gasteiger partial charge on any atom is -0.372 e. The Morgan fingerprint density at radius 3 is 2.85 bits per heavy atom. The van der Waals surface area contributed by atoms with Gasteiger partial charge in [0, 0.05) is 12.1 Å². The van der Waals surface area contributed by atoms with Crippen molar-refractivity contribution >= 4 is 5.91 Å². The topological polar surface area (TPSA) is 64.3 Å². The Morgan fingerprint density at radius 2 is 2.10 bits per heavy atom. The van der Waals surface area contributed by atoms with Gasteiger partial charge < -0.3 is 15.8 Å². The Morgan fingerprint density at radius 1 is 1.35 bits per heavy atom. The van der Waals surface area contributed by atoms with Crippen LogP contribution in [0.3, 0.4) is 0 Å². The number of rotatable bonds is 6.